The summed E-state index contributed by atoms with van der Waals surface area (Å²) in [5, 5.41) is 15.8. The molecule has 0 bridgehead atoms. The highest BCUT2D eigenvalue weighted by atomic mass is 35.5. The van der Waals surface area contributed by atoms with E-state index in [1.54, 1.807) is 0 Å². The van der Waals surface area contributed by atoms with Gasteiger partial charge < -0.3 is 10.6 Å². The second-order valence-electron chi connectivity index (χ2n) is 5.36. The van der Waals surface area contributed by atoms with Crippen LogP contribution in [-0.2, 0) is 4.79 Å². The quantitative estimate of drug-likeness (QED) is 0.853. The summed E-state index contributed by atoms with van der Waals surface area (Å²) in [6.45, 7) is 2.73. The molecule has 1 aromatic heterocycles. The average Bonchev–Trinajstić information content (AvgIpc) is 2.86. The Kier molecular flexibility index (Phi) is 5.40. The Hall–Kier alpha value is -1.31. The number of carbonyl (C=O) groups is 1. The lowest BCUT2D eigenvalue weighted by molar-refractivity contribution is -0.120. The Morgan fingerprint density at radius 2 is 2.26 bits per heavy atom. The van der Waals surface area contributed by atoms with E-state index in [2.05, 4.69) is 20.8 Å². The van der Waals surface area contributed by atoms with Crippen LogP contribution in [0, 0.1) is 6.92 Å². The number of halogens is 1. The highest BCUT2D eigenvalue weighted by Crippen LogP contribution is 2.33. The number of aromatic nitrogens is 2. The molecular formula is C15H17ClN4OS2. The molecule has 1 aromatic carbocycles. The minimum Gasteiger partial charge on any atom is -0.355 e. The molecule has 0 unspecified atom stereocenters. The second kappa shape index (κ2) is 7.51. The van der Waals surface area contributed by atoms with Crippen molar-refractivity contribution in [2.75, 3.05) is 11.9 Å². The average molecular weight is 369 g/mol. The molecule has 3 rings (SSSR count). The van der Waals surface area contributed by atoms with Crippen molar-refractivity contribution in [1.29, 1.82) is 0 Å². The van der Waals surface area contributed by atoms with Gasteiger partial charge in [0.25, 0.3) is 0 Å². The third kappa shape index (κ3) is 4.37. The first kappa shape index (κ1) is 16.5. The van der Waals surface area contributed by atoms with Gasteiger partial charge in [0.15, 0.2) is 4.34 Å². The van der Waals surface area contributed by atoms with E-state index in [4.69, 9.17) is 11.6 Å². The van der Waals surface area contributed by atoms with E-state index >= 15 is 0 Å². The number of nitrogens with zero attached hydrogens (tertiary/aromatic N) is 2. The first-order chi connectivity index (χ1) is 11.1. The minimum atomic E-state index is -0.0767. The van der Waals surface area contributed by atoms with Crippen LogP contribution in [0.5, 0.6) is 0 Å². The highest BCUT2D eigenvalue weighted by Gasteiger charge is 2.23. The van der Waals surface area contributed by atoms with Gasteiger partial charge in [0.1, 0.15) is 0 Å². The Balaban J connectivity index is 1.65. The van der Waals surface area contributed by atoms with E-state index in [0.29, 0.717) is 10.2 Å². The topological polar surface area (TPSA) is 66.9 Å². The Morgan fingerprint density at radius 1 is 1.39 bits per heavy atom. The van der Waals surface area contributed by atoms with Crippen LogP contribution < -0.4 is 10.6 Å². The van der Waals surface area contributed by atoms with Crippen molar-refractivity contribution < 1.29 is 4.79 Å². The molecule has 2 N–H and O–H groups in total. The smallest absolute Gasteiger partial charge is 0.233 e. The summed E-state index contributed by atoms with van der Waals surface area (Å²) in [6, 6.07) is 5.77. The van der Waals surface area contributed by atoms with E-state index in [1.165, 1.54) is 23.1 Å². The number of anilines is 2. The molecule has 8 heteroatoms. The molecule has 5 nitrogen and oxygen atoms in total. The molecule has 2 heterocycles. The Labute approximate surface area is 148 Å². The summed E-state index contributed by atoms with van der Waals surface area (Å²) >= 11 is 9.06. The Bertz CT molecular complexity index is 707. The van der Waals surface area contributed by atoms with Crippen LogP contribution in [-0.4, -0.2) is 27.9 Å². The molecule has 0 radical (unpaired) electrons. The zero-order chi connectivity index (χ0) is 16.2. The van der Waals surface area contributed by atoms with Crippen molar-refractivity contribution in [3.63, 3.8) is 0 Å². The van der Waals surface area contributed by atoms with Crippen LogP contribution in [0.2, 0.25) is 5.02 Å². The first-order valence-corrected chi connectivity index (χ1v) is 9.50. The van der Waals surface area contributed by atoms with Crippen LogP contribution in [0.4, 0.5) is 10.8 Å². The molecule has 1 saturated heterocycles. The van der Waals surface area contributed by atoms with Crippen molar-refractivity contribution in [3.8, 4) is 0 Å². The van der Waals surface area contributed by atoms with Crippen LogP contribution in [0.15, 0.2) is 22.5 Å². The van der Waals surface area contributed by atoms with Crippen LogP contribution >= 0.6 is 34.7 Å². The fraction of sp³-hybridized carbons (Fsp3) is 0.400. The SMILES string of the molecule is Cc1ccc(Nc2nnc(S[C@@H]3CCCCNC3=O)s2)cc1Cl. The number of hydrogen-bond acceptors (Lipinski definition) is 6. The van der Waals surface area contributed by atoms with Crippen molar-refractivity contribution in [2.45, 2.75) is 35.8 Å². The van der Waals surface area contributed by atoms with Crippen molar-refractivity contribution in [3.05, 3.63) is 28.8 Å². The predicted molar refractivity (Wildman–Crippen MR) is 95.9 cm³/mol. The molecular weight excluding hydrogens is 352 g/mol. The molecule has 1 aliphatic rings. The number of amides is 1. The number of rotatable bonds is 4. The molecule has 1 aliphatic heterocycles. The van der Waals surface area contributed by atoms with Gasteiger partial charge in [-0.3, -0.25) is 4.79 Å². The van der Waals surface area contributed by atoms with Gasteiger partial charge in [-0.05, 0) is 37.5 Å². The molecule has 0 aliphatic carbocycles. The van der Waals surface area contributed by atoms with Gasteiger partial charge in [-0.2, -0.15) is 0 Å². The summed E-state index contributed by atoms with van der Waals surface area (Å²) in [7, 11) is 0. The van der Waals surface area contributed by atoms with Crippen molar-refractivity contribution in [2.24, 2.45) is 0 Å². The third-order valence-electron chi connectivity index (χ3n) is 3.56. The number of hydrogen-bond donors (Lipinski definition) is 2. The maximum Gasteiger partial charge on any atom is 0.233 e. The fourth-order valence-electron chi connectivity index (χ4n) is 2.25. The number of thioether (sulfide) groups is 1. The van der Waals surface area contributed by atoms with E-state index in [-0.39, 0.29) is 11.2 Å². The van der Waals surface area contributed by atoms with E-state index in [9.17, 15) is 4.79 Å². The number of carbonyl (C=O) groups excluding carboxylic acids is 1. The van der Waals surface area contributed by atoms with E-state index in [0.717, 1.165) is 41.4 Å². The van der Waals surface area contributed by atoms with Crippen LogP contribution in [0.3, 0.4) is 0 Å². The molecule has 1 atom stereocenters. The second-order valence-corrected chi connectivity index (χ2v) is 8.19. The van der Waals surface area contributed by atoms with Crippen molar-refractivity contribution >= 4 is 51.4 Å². The molecule has 23 heavy (non-hydrogen) atoms. The Morgan fingerprint density at radius 3 is 3.09 bits per heavy atom. The number of benzene rings is 1. The maximum absolute atomic E-state index is 12.0. The fourth-order valence-corrected chi connectivity index (χ4v) is 4.51. The lowest BCUT2D eigenvalue weighted by Crippen LogP contribution is -2.30. The molecule has 0 spiro atoms. The molecule has 2 aromatic rings. The monoisotopic (exact) mass is 368 g/mol. The summed E-state index contributed by atoms with van der Waals surface area (Å²) in [5.74, 6) is 0.0996. The van der Waals surface area contributed by atoms with E-state index in [1.807, 2.05) is 25.1 Å². The zero-order valence-corrected chi connectivity index (χ0v) is 15.0. The van der Waals surface area contributed by atoms with Gasteiger partial charge in [0.2, 0.25) is 11.0 Å². The molecule has 122 valence electrons. The molecule has 1 amide bonds. The van der Waals surface area contributed by atoms with Gasteiger partial charge >= 0.3 is 0 Å². The lowest BCUT2D eigenvalue weighted by atomic mass is 10.2. The summed E-state index contributed by atoms with van der Waals surface area (Å²) in [4.78, 5) is 12.0. The summed E-state index contributed by atoms with van der Waals surface area (Å²) in [5.41, 5.74) is 1.91. The van der Waals surface area contributed by atoms with Crippen molar-refractivity contribution in [1.82, 2.24) is 15.5 Å². The highest BCUT2D eigenvalue weighted by molar-refractivity contribution is 8.02. The van der Waals surface area contributed by atoms with Gasteiger partial charge in [-0.25, -0.2) is 0 Å². The predicted octanol–water partition coefficient (Wildman–Crippen LogP) is 4.00. The largest absolute Gasteiger partial charge is 0.355 e. The van der Waals surface area contributed by atoms with Gasteiger partial charge in [-0.1, -0.05) is 47.2 Å². The standard InChI is InChI=1S/C15H17ClN4OS2/c1-9-5-6-10(8-11(9)16)18-14-19-20-15(23-14)22-12-4-2-3-7-17-13(12)21/h5-6,8,12H,2-4,7H2,1H3,(H,17,21)(H,18,19)/t12-/m1/s1. The third-order valence-corrected chi connectivity index (χ3v) is 6.15. The first-order valence-electron chi connectivity index (χ1n) is 7.43. The molecule has 0 saturated carbocycles. The normalized spacial score (nSPS) is 18.3. The van der Waals surface area contributed by atoms with Gasteiger partial charge in [-0.15, -0.1) is 10.2 Å². The number of aryl methyl sites for hydroxylation is 1. The lowest BCUT2D eigenvalue weighted by Gasteiger charge is -2.09. The van der Waals surface area contributed by atoms with Crippen LogP contribution in [0.1, 0.15) is 24.8 Å². The van der Waals surface area contributed by atoms with Gasteiger partial charge in [0, 0.05) is 17.3 Å². The van der Waals surface area contributed by atoms with Crippen LogP contribution in [0.25, 0.3) is 0 Å². The zero-order valence-electron chi connectivity index (χ0n) is 12.6. The van der Waals surface area contributed by atoms with E-state index < -0.39 is 0 Å². The summed E-state index contributed by atoms with van der Waals surface area (Å²) < 4.78 is 0.799. The molecule has 1 fully saturated rings. The summed E-state index contributed by atoms with van der Waals surface area (Å²) in [6.07, 6.45) is 2.98. The maximum atomic E-state index is 12.0. The van der Waals surface area contributed by atoms with Gasteiger partial charge in [0.05, 0.1) is 5.25 Å². The minimum absolute atomic E-state index is 0.0767. The number of nitrogens with one attached hydrogen (secondary N) is 2.